The summed E-state index contributed by atoms with van der Waals surface area (Å²) in [6, 6.07) is 0. The number of aliphatic hydroxyl groups is 3. The van der Waals surface area contributed by atoms with Gasteiger partial charge in [0.15, 0.2) is 5.79 Å². The van der Waals surface area contributed by atoms with Crippen LogP contribution in [0.25, 0.3) is 0 Å². The van der Waals surface area contributed by atoms with Crippen molar-refractivity contribution < 1.29 is 53.7 Å². The first kappa shape index (κ1) is 42.7. The second-order valence-corrected chi connectivity index (χ2v) is 17.9. The number of Topliss-reactive ketones (excluding diaryl/α,β-unsaturated/α-hetero) is 1. The van der Waals surface area contributed by atoms with E-state index in [1.807, 2.05) is 41.5 Å². The van der Waals surface area contributed by atoms with Gasteiger partial charge in [0.05, 0.1) is 53.7 Å². The fraction of sp³-hybridized carbons (Fsp3) is 0.905. The molecule has 5 aliphatic rings. The highest BCUT2D eigenvalue weighted by Crippen LogP contribution is 2.54. The summed E-state index contributed by atoms with van der Waals surface area (Å²) in [5, 5.41) is 44.0. The summed E-state index contributed by atoms with van der Waals surface area (Å²) < 4.78 is 33.5. The normalized spacial score (nSPS) is 46.2. The van der Waals surface area contributed by atoms with Gasteiger partial charge in [-0.05, 0) is 95.6 Å². The third kappa shape index (κ3) is 7.94. The maximum Gasteiger partial charge on any atom is 0.309 e. The van der Waals surface area contributed by atoms with Crippen LogP contribution in [-0.4, -0.2) is 97.7 Å². The fourth-order valence-corrected chi connectivity index (χ4v) is 10.5. The van der Waals surface area contributed by atoms with Gasteiger partial charge in [-0.15, -0.1) is 0 Å². The quantitative estimate of drug-likeness (QED) is 0.169. The van der Waals surface area contributed by atoms with Gasteiger partial charge in [-0.2, -0.15) is 0 Å². The van der Waals surface area contributed by atoms with E-state index in [1.165, 1.54) is 0 Å². The van der Waals surface area contributed by atoms with Gasteiger partial charge in [-0.1, -0.05) is 55.4 Å². The Bertz CT molecular complexity index is 1320. The molecule has 304 valence electrons. The molecule has 2 spiro atoms. The summed E-state index contributed by atoms with van der Waals surface area (Å²) in [4.78, 5) is 26.4. The second-order valence-electron chi connectivity index (χ2n) is 17.9. The fourth-order valence-electron chi connectivity index (χ4n) is 10.5. The molecule has 4 N–H and O–H groups in total. The van der Waals surface area contributed by atoms with E-state index in [4.69, 9.17) is 23.7 Å². The molecule has 11 heteroatoms. The molecule has 18 atom stereocenters. The Hall–Kier alpha value is -1.44. The molecule has 0 saturated carbocycles. The molecule has 11 nitrogen and oxygen atoms in total. The van der Waals surface area contributed by atoms with Crippen molar-refractivity contribution in [2.45, 2.75) is 199 Å². The first-order valence-corrected chi connectivity index (χ1v) is 20.7. The number of hydrogen-bond acceptors (Lipinski definition) is 10. The van der Waals surface area contributed by atoms with Crippen LogP contribution in [0.2, 0.25) is 0 Å². The lowest BCUT2D eigenvalue weighted by atomic mass is 9.72. The van der Waals surface area contributed by atoms with E-state index in [1.54, 1.807) is 19.1 Å². The van der Waals surface area contributed by atoms with Crippen LogP contribution in [0.3, 0.4) is 0 Å². The topological polar surface area (TPSA) is 161 Å². The summed E-state index contributed by atoms with van der Waals surface area (Å²) in [7, 11) is 0. The average molecular weight is 751 g/mol. The minimum atomic E-state index is -1.37. The third-order valence-corrected chi connectivity index (χ3v) is 14.4. The molecule has 5 heterocycles. The van der Waals surface area contributed by atoms with Gasteiger partial charge in [0.2, 0.25) is 5.79 Å². The highest BCUT2D eigenvalue weighted by atomic mass is 16.8. The van der Waals surface area contributed by atoms with Crippen LogP contribution in [0.15, 0.2) is 12.2 Å². The number of rotatable bonds is 12. The van der Waals surface area contributed by atoms with Gasteiger partial charge in [0.25, 0.3) is 0 Å². The van der Waals surface area contributed by atoms with Gasteiger partial charge < -0.3 is 44.1 Å². The van der Waals surface area contributed by atoms with E-state index in [-0.39, 0.29) is 41.8 Å². The largest absolute Gasteiger partial charge is 0.481 e. The Morgan fingerprint density at radius 1 is 0.887 bits per heavy atom. The van der Waals surface area contributed by atoms with E-state index in [9.17, 15) is 30.0 Å². The molecule has 4 saturated heterocycles. The minimum absolute atomic E-state index is 0.0137. The smallest absolute Gasteiger partial charge is 0.309 e. The van der Waals surface area contributed by atoms with Crippen molar-refractivity contribution in [3.05, 3.63) is 12.2 Å². The zero-order valence-electron chi connectivity index (χ0n) is 34.0. The number of carbonyl (C=O) groups is 2. The standard InChI is InChI=1S/C42H70O11/c1-11-29(38(46)47)31-15-14-23(4)36(50-31)27(8)34(44)26(7)35(45)30(12-2)37-24(5)22-25(6)41(51-37)19-16-32(43)42(53-41)21-20-39(10,52-42)33-17-18-40(48,13-3)28(9)49-33/h16,19,23-34,36-37,43-44,48H,11-15,17-18,20-22H2,1-10H3,(H,46,47)/t23-,24-,25+,26-,27-,28-,29+,30-,31+,32+,33+,34+,36+,37-,39-,40+,41?,42-/m0/s1. The lowest BCUT2D eigenvalue weighted by molar-refractivity contribution is -0.409. The number of ketones is 1. The molecule has 0 aromatic heterocycles. The van der Waals surface area contributed by atoms with Crippen molar-refractivity contribution in [3.63, 3.8) is 0 Å². The van der Waals surface area contributed by atoms with E-state index < -0.39 is 76.8 Å². The lowest BCUT2D eigenvalue weighted by Gasteiger charge is -2.54. The van der Waals surface area contributed by atoms with Crippen molar-refractivity contribution in [2.75, 3.05) is 0 Å². The van der Waals surface area contributed by atoms with Gasteiger partial charge in [-0.3, -0.25) is 9.59 Å². The number of hydrogen-bond donors (Lipinski definition) is 4. The van der Waals surface area contributed by atoms with E-state index in [0.717, 1.165) is 6.42 Å². The molecular formula is C42H70O11. The summed E-state index contributed by atoms with van der Waals surface area (Å²) >= 11 is 0. The maximum absolute atomic E-state index is 14.4. The molecule has 0 bridgehead atoms. The molecule has 0 aromatic carbocycles. The molecule has 0 aromatic rings. The Morgan fingerprint density at radius 2 is 1.57 bits per heavy atom. The zero-order valence-corrected chi connectivity index (χ0v) is 34.0. The van der Waals surface area contributed by atoms with Crippen LogP contribution in [0.1, 0.15) is 133 Å². The molecule has 0 radical (unpaired) electrons. The van der Waals surface area contributed by atoms with E-state index in [2.05, 4.69) is 20.8 Å². The molecule has 53 heavy (non-hydrogen) atoms. The highest BCUT2D eigenvalue weighted by molar-refractivity contribution is 5.84. The number of carboxylic acids is 1. The molecular weight excluding hydrogens is 680 g/mol. The van der Waals surface area contributed by atoms with Crippen molar-refractivity contribution in [3.8, 4) is 0 Å². The molecule has 0 aliphatic carbocycles. The number of ether oxygens (including phenoxy) is 5. The second kappa shape index (κ2) is 16.2. The van der Waals surface area contributed by atoms with Crippen molar-refractivity contribution >= 4 is 11.8 Å². The molecule has 1 unspecified atom stereocenters. The average Bonchev–Trinajstić information content (AvgIpc) is 3.47. The monoisotopic (exact) mass is 750 g/mol. The van der Waals surface area contributed by atoms with Gasteiger partial charge in [0.1, 0.15) is 11.9 Å². The Labute approximate surface area is 317 Å². The number of carbonyl (C=O) groups excluding carboxylic acids is 1. The van der Waals surface area contributed by atoms with Gasteiger partial charge >= 0.3 is 5.97 Å². The number of aliphatic hydroxyl groups excluding tert-OH is 2. The highest BCUT2D eigenvalue weighted by Gasteiger charge is 2.63. The molecule has 0 amide bonds. The SMILES string of the molecule is CC[C@@H](C(=O)[C@@H](C)[C@@H](O)[C@H](C)[C@@H]1O[C@@H]([C@@H](CC)C(=O)O)CC[C@@H]1C)[C@H]1OC2(C=C[C@@H](O)[C@]3(CC[C@@](C)([C@H]4CC[C@](O)(CC)[C@H](C)O4)O3)O2)[C@H](C)C[C@@H]1C. The van der Waals surface area contributed by atoms with Crippen LogP contribution >= 0.6 is 0 Å². The minimum Gasteiger partial charge on any atom is -0.481 e. The first-order chi connectivity index (χ1) is 24.8. The Balaban J connectivity index is 1.31. The van der Waals surface area contributed by atoms with Crippen LogP contribution in [-0.2, 0) is 33.3 Å². The van der Waals surface area contributed by atoms with Crippen LogP contribution in [0.4, 0.5) is 0 Å². The lowest BCUT2D eigenvalue weighted by Crippen LogP contribution is -2.63. The van der Waals surface area contributed by atoms with Gasteiger partial charge in [0, 0.05) is 30.1 Å². The number of carboxylic acid groups (broad SMARTS) is 1. The van der Waals surface area contributed by atoms with E-state index in [0.29, 0.717) is 57.8 Å². The van der Waals surface area contributed by atoms with E-state index >= 15 is 0 Å². The maximum atomic E-state index is 14.4. The predicted octanol–water partition coefficient (Wildman–Crippen LogP) is 6.19. The zero-order chi connectivity index (χ0) is 39.3. The van der Waals surface area contributed by atoms with Crippen LogP contribution in [0.5, 0.6) is 0 Å². The third-order valence-electron chi connectivity index (χ3n) is 14.4. The summed E-state index contributed by atoms with van der Waals surface area (Å²) in [5.41, 5.74) is -1.63. The van der Waals surface area contributed by atoms with Gasteiger partial charge in [-0.25, -0.2) is 0 Å². The first-order valence-electron chi connectivity index (χ1n) is 20.7. The van der Waals surface area contributed by atoms with Crippen LogP contribution < -0.4 is 0 Å². The summed E-state index contributed by atoms with van der Waals surface area (Å²) in [5.74, 6) is -5.78. The Morgan fingerprint density at radius 3 is 2.17 bits per heavy atom. The van der Waals surface area contributed by atoms with Crippen molar-refractivity contribution in [1.82, 2.24) is 0 Å². The summed E-state index contributed by atoms with van der Waals surface area (Å²) in [6.07, 6.45) is 5.51. The van der Waals surface area contributed by atoms with Crippen LogP contribution in [0, 0.1) is 41.4 Å². The molecule has 5 aliphatic heterocycles. The summed E-state index contributed by atoms with van der Waals surface area (Å²) in [6.45, 7) is 19.6. The van der Waals surface area contributed by atoms with Crippen molar-refractivity contribution in [1.29, 1.82) is 0 Å². The van der Waals surface area contributed by atoms with Crippen molar-refractivity contribution in [2.24, 2.45) is 41.4 Å². The molecule has 5 rings (SSSR count). The predicted molar refractivity (Wildman–Crippen MR) is 199 cm³/mol. The number of aliphatic carboxylic acids is 1. The molecule has 4 fully saturated rings. The Kier molecular flexibility index (Phi) is 13.0.